The summed E-state index contributed by atoms with van der Waals surface area (Å²) in [6.07, 6.45) is 0.280. The second-order valence-corrected chi connectivity index (χ2v) is 7.41. The first kappa shape index (κ1) is 22.0. The van der Waals surface area contributed by atoms with E-state index in [-0.39, 0.29) is 22.0 Å². The van der Waals surface area contributed by atoms with Crippen molar-refractivity contribution in [3.05, 3.63) is 87.6 Å². The zero-order valence-electron chi connectivity index (χ0n) is 17.2. The third kappa shape index (κ3) is 4.68. The van der Waals surface area contributed by atoms with Crippen LogP contribution < -0.4 is 5.32 Å². The molecular weight excluding hydrogens is 450 g/mol. The van der Waals surface area contributed by atoms with Crippen molar-refractivity contribution >= 4 is 45.8 Å². The molecule has 4 rings (SSSR count). The molecule has 1 atom stereocenters. The fourth-order valence-corrected chi connectivity index (χ4v) is 3.29. The number of carbonyl (C=O) groups excluding carboxylic acids is 2. The summed E-state index contributed by atoms with van der Waals surface area (Å²) in [5.41, 5.74) is 0.992. The molecule has 33 heavy (non-hydrogen) atoms. The van der Waals surface area contributed by atoms with Crippen LogP contribution in [0, 0.1) is 10.1 Å². The molecule has 0 radical (unpaired) electrons. The van der Waals surface area contributed by atoms with Crippen LogP contribution >= 0.6 is 11.6 Å². The van der Waals surface area contributed by atoms with Gasteiger partial charge in [-0.15, -0.1) is 0 Å². The van der Waals surface area contributed by atoms with Gasteiger partial charge in [-0.1, -0.05) is 29.8 Å². The Labute approximate surface area is 192 Å². The normalized spacial score (nSPS) is 11.7. The number of halogens is 1. The second kappa shape index (κ2) is 9.09. The predicted molar refractivity (Wildman–Crippen MR) is 121 cm³/mol. The number of nitrogens with zero attached hydrogens (tertiary/aromatic N) is 2. The van der Waals surface area contributed by atoms with Crippen molar-refractivity contribution < 1.29 is 23.7 Å². The average Bonchev–Trinajstić information content (AvgIpc) is 3.34. The molecule has 0 aliphatic carbocycles. The maximum Gasteiger partial charge on any atom is 0.339 e. The zero-order chi connectivity index (χ0) is 23.5. The van der Waals surface area contributed by atoms with E-state index in [0.29, 0.717) is 22.4 Å². The topological polar surface area (TPSA) is 125 Å². The van der Waals surface area contributed by atoms with Crippen molar-refractivity contribution in [1.82, 2.24) is 4.98 Å². The summed E-state index contributed by atoms with van der Waals surface area (Å²) in [4.78, 5) is 40.4. The van der Waals surface area contributed by atoms with Crippen molar-refractivity contribution in [2.45, 2.75) is 13.0 Å². The monoisotopic (exact) mass is 465 g/mol. The molecule has 0 spiro atoms. The van der Waals surface area contributed by atoms with Gasteiger partial charge in [0.05, 0.1) is 33.0 Å². The molecule has 2 aromatic heterocycles. The fraction of sp³-hybridized carbons (Fsp3) is 0.0870. The molecule has 1 unspecified atom stereocenters. The average molecular weight is 466 g/mol. The van der Waals surface area contributed by atoms with E-state index in [0.717, 1.165) is 6.07 Å². The number of aromatic nitrogens is 1. The summed E-state index contributed by atoms with van der Waals surface area (Å²) in [5.74, 6) is -0.967. The Kier molecular flexibility index (Phi) is 6.05. The number of nitro groups is 1. The number of hydrogen-bond donors (Lipinski definition) is 1. The van der Waals surface area contributed by atoms with Gasteiger partial charge < -0.3 is 14.5 Å². The lowest BCUT2D eigenvalue weighted by molar-refractivity contribution is -0.384. The number of non-ortho nitro benzene ring substituents is 1. The van der Waals surface area contributed by atoms with Crippen molar-refractivity contribution in [2.24, 2.45) is 0 Å². The van der Waals surface area contributed by atoms with Crippen LogP contribution in [0.25, 0.3) is 22.4 Å². The summed E-state index contributed by atoms with van der Waals surface area (Å²) in [6.45, 7) is 1.38. The third-order valence-corrected chi connectivity index (χ3v) is 5.11. The molecule has 0 saturated carbocycles. The molecule has 0 aliphatic rings. The van der Waals surface area contributed by atoms with Crippen LogP contribution in [0.2, 0.25) is 5.02 Å². The molecule has 0 saturated heterocycles. The number of rotatable bonds is 6. The van der Waals surface area contributed by atoms with Crippen molar-refractivity contribution in [2.75, 3.05) is 5.32 Å². The summed E-state index contributed by atoms with van der Waals surface area (Å²) in [6, 6.07) is 15.6. The number of pyridine rings is 1. The lowest BCUT2D eigenvalue weighted by Crippen LogP contribution is -2.30. The highest BCUT2D eigenvalue weighted by Crippen LogP contribution is 2.28. The SMILES string of the molecule is CC(OC(=O)c1cc(-c2ccco2)nc2ccccc12)C(=O)Nc1cc([N+](=O)[O-])ccc1Cl. The quantitative estimate of drug-likeness (QED) is 0.234. The van der Waals surface area contributed by atoms with E-state index in [9.17, 15) is 19.7 Å². The minimum absolute atomic E-state index is 0.0354. The van der Waals surface area contributed by atoms with Gasteiger partial charge in [-0.3, -0.25) is 14.9 Å². The van der Waals surface area contributed by atoms with E-state index < -0.39 is 22.9 Å². The van der Waals surface area contributed by atoms with Crippen LogP contribution in [0.5, 0.6) is 0 Å². The van der Waals surface area contributed by atoms with Gasteiger partial charge >= 0.3 is 5.97 Å². The molecule has 2 heterocycles. The molecule has 166 valence electrons. The van der Waals surface area contributed by atoms with E-state index in [1.165, 1.54) is 31.4 Å². The van der Waals surface area contributed by atoms with E-state index in [2.05, 4.69) is 10.3 Å². The summed E-state index contributed by atoms with van der Waals surface area (Å²) in [7, 11) is 0. The van der Waals surface area contributed by atoms with Gasteiger partial charge in [0.25, 0.3) is 11.6 Å². The number of esters is 1. The number of para-hydroxylation sites is 1. The predicted octanol–water partition coefficient (Wildman–Crippen LogP) is 5.24. The molecule has 1 N–H and O–H groups in total. The number of fused-ring (bicyclic) bond motifs is 1. The van der Waals surface area contributed by atoms with Crippen LogP contribution in [0.1, 0.15) is 17.3 Å². The number of nitro benzene ring substituents is 1. The Balaban J connectivity index is 1.57. The Morgan fingerprint density at radius 2 is 1.94 bits per heavy atom. The van der Waals surface area contributed by atoms with Crippen LogP contribution in [-0.4, -0.2) is 27.9 Å². The van der Waals surface area contributed by atoms with Crippen molar-refractivity contribution in [3.8, 4) is 11.5 Å². The molecule has 1 amide bonds. The number of anilines is 1. The number of ether oxygens (including phenoxy) is 1. The lowest BCUT2D eigenvalue weighted by atomic mass is 10.1. The van der Waals surface area contributed by atoms with Gasteiger partial charge in [0.1, 0.15) is 5.69 Å². The maximum atomic E-state index is 13.0. The highest BCUT2D eigenvalue weighted by Gasteiger charge is 2.23. The second-order valence-electron chi connectivity index (χ2n) is 7.01. The summed E-state index contributed by atoms with van der Waals surface area (Å²) >= 11 is 6.02. The van der Waals surface area contributed by atoms with E-state index in [1.54, 1.807) is 36.4 Å². The van der Waals surface area contributed by atoms with Gasteiger partial charge in [0.15, 0.2) is 11.9 Å². The van der Waals surface area contributed by atoms with Gasteiger partial charge in [-0.2, -0.15) is 0 Å². The first-order valence-corrected chi connectivity index (χ1v) is 10.1. The van der Waals surface area contributed by atoms with Crippen LogP contribution in [-0.2, 0) is 9.53 Å². The zero-order valence-corrected chi connectivity index (χ0v) is 17.9. The minimum atomic E-state index is -1.22. The summed E-state index contributed by atoms with van der Waals surface area (Å²) in [5, 5.41) is 14.1. The Hall–Kier alpha value is -4.24. The summed E-state index contributed by atoms with van der Waals surface area (Å²) < 4.78 is 10.8. The van der Waals surface area contributed by atoms with Crippen molar-refractivity contribution in [1.29, 1.82) is 0 Å². The molecular formula is C23H16ClN3O6. The van der Waals surface area contributed by atoms with E-state index in [4.69, 9.17) is 20.8 Å². The van der Waals surface area contributed by atoms with Crippen LogP contribution in [0.15, 0.2) is 71.3 Å². The van der Waals surface area contributed by atoms with Gasteiger partial charge in [-0.25, -0.2) is 9.78 Å². The highest BCUT2D eigenvalue weighted by atomic mass is 35.5. The number of hydrogen-bond acceptors (Lipinski definition) is 7. The molecule has 0 aliphatic heterocycles. The van der Waals surface area contributed by atoms with E-state index in [1.807, 2.05) is 0 Å². The number of nitrogens with one attached hydrogen (secondary N) is 1. The molecule has 2 aromatic carbocycles. The number of amides is 1. The first-order valence-electron chi connectivity index (χ1n) is 9.73. The molecule has 0 fully saturated rings. The van der Waals surface area contributed by atoms with Crippen LogP contribution in [0.3, 0.4) is 0 Å². The van der Waals surface area contributed by atoms with Gasteiger partial charge in [0, 0.05) is 17.5 Å². The third-order valence-electron chi connectivity index (χ3n) is 4.78. The smallest absolute Gasteiger partial charge is 0.339 e. The van der Waals surface area contributed by atoms with Crippen LogP contribution in [0.4, 0.5) is 11.4 Å². The molecule has 0 bridgehead atoms. The molecule has 10 heteroatoms. The Morgan fingerprint density at radius 1 is 1.15 bits per heavy atom. The fourth-order valence-electron chi connectivity index (χ4n) is 3.13. The largest absolute Gasteiger partial charge is 0.463 e. The van der Waals surface area contributed by atoms with E-state index >= 15 is 0 Å². The molecule has 4 aromatic rings. The molecule has 9 nitrogen and oxygen atoms in total. The van der Waals surface area contributed by atoms with Crippen molar-refractivity contribution in [3.63, 3.8) is 0 Å². The number of furan rings is 1. The highest BCUT2D eigenvalue weighted by molar-refractivity contribution is 6.33. The number of carbonyl (C=O) groups is 2. The van der Waals surface area contributed by atoms with Gasteiger partial charge in [0.2, 0.25) is 0 Å². The van der Waals surface area contributed by atoms with Gasteiger partial charge in [-0.05, 0) is 37.3 Å². The maximum absolute atomic E-state index is 13.0. The minimum Gasteiger partial charge on any atom is -0.463 e. The lowest BCUT2D eigenvalue weighted by Gasteiger charge is -2.15. The first-order chi connectivity index (χ1) is 15.8. The Morgan fingerprint density at radius 3 is 2.67 bits per heavy atom. The standard InChI is InChI=1S/C23H16ClN3O6/c1-13(22(28)26-19-11-14(27(30)31)8-9-17(19)24)33-23(29)16-12-20(21-7-4-10-32-21)25-18-6-3-2-5-15(16)18/h2-13H,1H3,(H,26,28). The Bertz CT molecular complexity index is 1370. The number of benzene rings is 2.